The maximum Gasteiger partial charge on any atom is 0.354 e. The summed E-state index contributed by atoms with van der Waals surface area (Å²) >= 11 is 0. The lowest BCUT2D eigenvalue weighted by Crippen LogP contribution is -2.16. The molecule has 0 aliphatic heterocycles. The van der Waals surface area contributed by atoms with Crippen molar-refractivity contribution in [2.75, 3.05) is 11.9 Å². The molecule has 2 aromatic heterocycles. The fourth-order valence-electron chi connectivity index (χ4n) is 1.67. The number of furan rings is 1. The molecule has 5 nitrogen and oxygen atoms in total. The van der Waals surface area contributed by atoms with Gasteiger partial charge in [0, 0.05) is 18.9 Å². The van der Waals surface area contributed by atoms with Gasteiger partial charge in [0.05, 0.1) is 6.54 Å². The van der Waals surface area contributed by atoms with Gasteiger partial charge in [-0.05, 0) is 31.2 Å². The van der Waals surface area contributed by atoms with E-state index < -0.39 is 5.97 Å². The van der Waals surface area contributed by atoms with Crippen molar-refractivity contribution >= 4 is 11.7 Å². The summed E-state index contributed by atoms with van der Waals surface area (Å²) in [5, 5.41) is 8.88. The molecular weight excluding hydrogens is 232 g/mol. The van der Waals surface area contributed by atoms with Crippen LogP contribution in [0.3, 0.4) is 0 Å². The van der Waals surface area contributed by atoms with Gasteiger partial charge in [-0.3, -0.25) is 0 Å². The molecule has 5 heteroatoms. The van der Waals surface area contributed by atoms with E-state index in [0.29, 0.717) is 6.54 Å². The van der Waals surface area contributed by atoms with Crippen molar-refractivity contribution in [1.29, 1.82) is 0 Å². The van der Waals surface area contributed by atoms with Crippen molar-refractivity contribution in [2.45, 2.75) is 13.5 Å². The van der Waals surface area contributed by atoms with Crippen LogP contribution in [0, 0.1) is 6.92 Å². The Balaban J connectivity index is 2.15. The molecule has 18 heavy (non-hydrogen) atoms. The predicted octanol–water partition coefficient (Wildman–Crippen LogP) is 2.32. The van der Waals surface area contributed by atoms with E-state index in [4.69, 9.17) is 9.52 Å². The van der Waals surface area contributed by atoms with Crippen LogP contribution in [0.4, 0.5) is 5.69 Å². The average molecular weight is 246 g/mol. The quantitative estimate of drug-likeness (QED) is 0.896. The van der Waals surface area contributed by atoms with E-state index in [1.807, 2.05) is 31.0 Å². The lowest BCUT2D eigenvalue weighted by atomic mass is 10.3. The van der Waals surface area contributed by atoms with E-state index in [9.17, 15) is 4.79 Å². The number of carboxylic acids is 1. The van der Waals surface area contributed by atoms with E-state index in [1.165, 1.54) is 12.3 Å². The Bertz CT molecular complexity index is 563. The Morgan fingerprint density at radius 3 is 2.83 bits per heavy atom. The van der Waals surface area contributed by atoms with Crippen LogP contribution in [0.2, 0.25) is 0 Å². The summed E-state index contributed by atoms with van der Waals surface area (Å²) in [7, 11) is 1.87. The minimum Gasteiger partial charge on any atom is -0.477 e. The molecule has 0 radical (unpaired) electrons. The molecule has 0 aromatic carbocycles. The Kier molecular flexibility index (Phi) is 3.32. The first-order chi connectivity index (χ1) is 8.56. The molecule has 0 spiro atoms. The van der Waals surface area contributed by atoms with Gasteiger partial charge in [0.1, 0.15) is 17.2 Å². The first-order valence-corrected chi connectivity index (χ1v) is 5.52. The molecule has 0 fully saturated rings. The number of hydrogen-bond donors (Lipinski definition) is 1. The number of aryl methyl sites for hydroxylation is 1. The average Bonchev–Trinajstić information content (AvgIpc) is 2.75. The van der Waals surface area contributed by atoms with E-state index in [1.54, 1.807) is 6.07 Å². The van der Waals surface area contributed by atoms with Crippen molar-refractivity contribution in [3.63, 3.8) is 0 Å². The van der Waals surface area contributed by atoms with Crippen LogP contribution in [0.15, 0.2) is 34.9 Å². The number of hydrogen-bond acceptors (Lipinski definition) is 4. The number of aromatic nitrogens is 1. The van der Waals surface area contributed by atoms with Crippen LogP contribution in [0.25, 0.3) is 0 Å². The Morgan fingerprint density at radius 1 is 1.44 bits per heavy atom. The second kappa shape index (κ2) is 4.91. The molecule has 2 aromatic rings. The van der Waals surface area contributed by atoms with Crippen molar-refractivity contribution in [3.8, 4) is 0 Å². The maximum absolute atomic E-state index is 10.8. The smallest absolute Gasteiger partial charge is 0.354 e. The van der Waals surface area contributed by atoms with E-state index in [0.717, 1.165) is 17.2 Å². The Labute approximate surface area is 105 Å². The molecule has 0 aliphatic rings. The molecule has 0 aliphatic carbocycles. The molecule has 0 saturated heterocycles. The second-order valence-electron chi connectivity index (χ2n) is 4.07. The van der Waals surface area contributed by atoms with Crippen LogP contribution < -0.4 is 4.90 Å². The summed E-state index contributed by atoms with van der Waals surface area (Å²) in [6, 6.07) is 7.11. The minimum absolute atomic E-state index is 0.0370. The monoisotopic (exact) mass is 246 g/mol. The van der Waals surface area contributed by atoms with Crippen molar-refractivity contribution < 1.29 is 14.3 Å². The number of pyridine rings is 1. The molecule has 2 rings (SSSR count). The Morgan fingerprint density at radius 2 is 2.22 bits per heavy atom. The van der Waals surface area contributed by atoms with E-state index >= 15 is 0 Å². The predicted molar refractivity (Wildman–Crippen MR) is 66.7 cm³/mol. The van der Waals surface area contributed by atoms with Gasteiger partial charge in [-0.1, -0.05) is 0 Å². The molecule has 2 heterocycles. The van der Waals surface area contributed by atoms with E-state index in [-0.39, 0.29) is 5.69 Å². The first-order valence-electron chi connectivity index (χ1n) is 5.52. The maximum atomic E-state index is 10.8. The fraction of sp³-hybridized carbons (Fsp3) is 0.231. The SMILES string of the molecule is Cc1ccc(CN(C)c2ccnc(C(=O)O)c2)o1. The topological polar surface area (TPSA) is 66.6 Å². The van der Waals surface area contributed by atoms with Crippen LogP contribution >= 0.6 is 0 Å². The van der Waals surface area contributed by atoms with Crippen molar-refractivity contribution in [2.24, 2.45) is 0 Å². The van der Waals surface area contributed by atoms with Crippen LogP contribution in [-0.2, 0) is 6.54 Å². The lowest BCUT2D eigenvalue weighted by molar-refractivity contribution is 0.0690. The van der Waals surface area contributed by atoms with Crippen LogP contribution in [-0.4, -0.2) is 23.1 Å². The van der Waals surface area contributed by atoms with Gasteiger partial charge in [-0.25, -0.2) is 9.78 Å². The van der Waals surface area contributed by atoms with Gasteiger partial charge in [0.15, 0.2) is 0 Å². The van der Waals surface area contributed by atoms with Gasteiger partial charge in [-0.15, -0.1) is 0 Å². The fourth-order valence-corrected chi connectivity index (χ4v) is 1.67. The largest absolute Gasteiger partial charge is 0.477 e. The van der Waals surface area contributed by atoms with Crippen molar-refractivity contribution in [3.05, 3.63) is 47.7 Å². The second-order valence-corrected chi connectivity index (χ2v) is 4.07. The normalized spacial score (nSPS) is 10.3. The highest BCUT2D eigenvalue weighted by Gasteiger charge is 2.09. The van der Waals surface area contributed by atoms with Gasteiger partial charge in [0.25, 0.3) is 0 Å². The zero-order chi connectivity index (χ0) is 13.1. The zero-order valence-electron chi connectivity index (χ0n) is 10.3. The highest BCUT2D eigenvalue weighted by Crippen LogP contribution is 2.17. The molecule has 0 atom stereocenters. The zero-order valence-corrected chi connectivity index (χ0v) is 10.3. The molecule has 0 bridgehead atoms. The molecule has 94 valence electrons. The number of aromatic carboxylic acids is 1. The number of carbonyl (C=O) groups is 1. The van der Waals surface area contributed by atoms with Gasteiger partial charge < -0.3 is 14.4 Å². The summed E-state index contributed by atoms with van der Waals surface area (Å²) in [6.07, 6.45) is 1.49. The number of carboxylic acid groups (broad SMARTS) is 1. The highest BCUT2D eigenvalue weighted by molar-refractivity contribution is 5.86. The summed E-state index contributed by atoms with van der Waals surface area (Å²) in [6.45, 7) is 2.47. The summed E-state index contributed by atoms with van der Waals surface area (Å²) in [5.41, 5.74) is 0.825. The Hall–Kier alpha value is -2.30. The standard InChI is InChI=1S/C13H14N2O3/c1-9-3-4-11(18-9)8-15(2)10-5-6-14-12(7-10)13(16)17/h3-7H,8H2,1-2H3,(H,16,17). The van der Waals surface area contributed by atoms with E-state index in [2.05, 4.69) is 4.98 Å². The molecule has 1 N–H and O–H groups in total. The first kappa shape index (κ1) is 12.2. The summed E-state index contributed by atoms with van der Waals surface area (Å²) in [4.78, 5) is 16.5. The van der Waals surface area contributed by atoms with Crippen molar-refractivity contribution in [1.82, 2.24) is 4.98 Å². The van der Waals surface area contributed by atoms with Gasteiger partial charge in [0.2, 0.25) is 0 Å². The third-order valence-corrected chi connectivity index (χ3v) is 2.59. The molecular formula is C13H14N2O3. The number of anilines is 1. The lowest BCUT2D eigenvalue weighted by Gasteiger charge is -2.17. The molecule has 0 unspecified atom stereocenters. The molecule has 0 saturated carbocycles. The third kappa shape index (κ3) is 2.68. The van der Waals surface area contributed by atoms with Crippen LogP contribution in [0.1, 0.15) is 22.0 Å². The minimum atomic E-state index is -1.03. The number of nitrogens with zero attached hydrogens (tertiary/aromatic N) is 2. The summed E-state index contributed by atoms with van der Waals surface area (Å²) in [5.74, 6) is 0.669. The third-order valence-electron chi connectivity index (χ3n) is 2.59. The molecule has 0 amide bonds. The summed E-state index contributed by atoms with van der Waals surface area (Å²) < 4.78 is 5.48. The highest BCUT2D eigenvalue weighted by atomic mass is 16.4. The number of rotatable bonds is 4. The van der Waals surface area contributed by atoms with Crippen LogP contribution in [0.5, 0.6) is 0 Å². The van der Waals surface area contributed by atoms with Gasteiger partial charge in [-0.2, -0.15) is 0 Å². The van der Waals surface area contributed by atoms with Gasteiger partial charge >= 0.3 is 5.97 Å².